The second kappa shape index (κ2) is 20.0. The number of ether oxygens (including phenoxy) is 2. The van der Waals surface area contributed by atoms with Crippen LogP contribution in [0.4, 0.5) is 0 Å². The zero-order valence-corrected chi connectivity index (χ0v) is 20.1. The van der Waals surface area contributed by atoms with Crippen LogP contribution >= 0.6 is 0 Å². The molecule has 31 heavy (non-hydrogen) atoms. The molecule has 0 radical (unpaired) electrons. The van der Waals surface area contributed by atoms with Gasteiger partial charge in [-0.05, 0) is 19.4 Å². The summed E-state index contributed by atoms with van der Waals surface area (Å²) >= 11 is 0. The first-order valence-electron chi connectivity index (χ1n) is 12.1. The van der Waals surface area contributed by atoms with Gasteiger partial charge in [0.2, 0.25) is 0 Å². The molecule has 178 valence electrons. The average Bonchev–Trinajstić information content (AvgIpc) is 2.75. The number of methoxy groups -OCH3 is 1. The van der Waals surface area contributed by atoms with Crippen LogP contribution in [0.1, 0.15) is 117 Å². The third-order valence-corrected chi connectivity index (χ3v) is 5.35. The van der Waals surface area contributed by atoms with E-state index in [0.29, 0.717) is 0 Å². The summed E-state index contributed by atoms with van der Waals surface area (Å²) in [4.78, 5) is 34.9. The number of unbranched alkanes of at least 4 members (excludes halogenated alkanes) is 14. The van der Waals surface area contributed by atoms with Crippen LogP contribution in [0.25, 0.3) is 0 Å². The molecule has 0 unspecified atom stereocenters. The second-order valence-electron chi connectivity index (χ2n) is 8.31. The Kier molecular flexibility index (Phi) is 18.8. The van der Waals surface area contributed by atoms with E-state index in [0.717, 1.165) is 19.3 Å². The molecule has 0 aliphatic rings. The fourth-order valence-corrected chi connectivity index (χ4v) is 3.39. The first kappa shape index (κ1) is 29.1. The van der Waals surface area contributed by atoms with Crippen LogP contribution in [0.2, 0.25) is 0 Å². The maximum atomic E-state index is 11.9. The van der Waals surface area contributed by atoms with Crippen molar-refractivity contribution < 1.29 is 23.9 Å². The van der Waals surface area contributed by atoms with Gasteiger partial charge in [-0.3, -0.25) is 4.79 Å². The summed E-state index contributed by atoms with van der Waals surface area (Å²) in [6, 6.07) is 0. The Morgan fingerprint density at radius 3 is 1.55 bits per heavy atom. The van der Waals surface area contributed by atoms with Gasteiger partial charge in [-0.25, -0.2) is 9.59 Å². The maximum absolute atomic E-state index is 11.9. The van der Waals surface area contributed by atoms with Crippen molar-refractivity contribution in [1.29, 1.82) is 0 Å². The summed E-state index contributed by atoms with van der Waals surface area (Å²) in [6.07, 6.45) is 20.4. The molecule has 0 N–H and O–H groups in total. The van der Waals surface area contributed by atoms with Gasteiger partial charge < -0.3 is 9.47 Å². The predicted molar refractivity (Wildman–Crippen MR) is 126 cm³/mol. The number of rotatable bonds is 19. The van der Waals surface area contributed by atoms with Crippen molar-refractivity contribution >= 4 is 17.9 Å². The quantitative estimate of drug-likeness (QED) is 0.0717. The van der Waals surface area contributed by atoms with E-state index in [-0.39, 0.29) is 17.6 Å². The molecule has 5 nitrogen and oxygen atoms in total. The summed E-state index contributed by atoms with van der Waals surface area (Å²) in [5.74, 6) is -1.91. The summed E-state index contributed by atoms with van der Waals surface area (Å²) < 4.78 is 9.32. The van der Waals surface area contributed by atoms with Crippen LogP contribution in [-0.2, 0) is 23.9 Å². The molecular weight excluding hydrogens is 392 g/mol. The van der Waals surface area contributed by atoms with Crippen LogP contribution < -0.4 is 0 Å². The molecule has 0 rings (SSSR count). The zero-order valence-electron chi connectivity index (χ0n) is 20.1. The highest BCUT2D eigenvalue weighted by atomic mass is 16.6. The minimum absolute atomic E-state index is 0.0341. The van der Waals surface area contributed by atoms with Gasteiger partial charge >= 0.3 is 17.9 Å². The molecule has 0 aromatic rings. The lowest BCUT2D eigenvalue weighted by molar-refractivity contribution is -0.157. The molecule has 5 heteroatoms. The maximum Gasteiger partial charge on any atom is 0.341 e. The molecule has 0 aliphatic carbocycles. The predicted octanol–water partition coefficient (Wildman–Crippen LogP) is 6.99. The molecule has 0 saturated carbocycles. The molecule has 0 aliphatic heterocycles. The van der Waals surface area contributed by atoms with Crippen LogP contribution in [0.15, 0.2) is 23.8 Å². The fourth-order valence-electron chi connectivity index (χ4n) is 3.39. The smallest absolute Gasteiger partial charge is 0.341 e. The van der Waals surface area contributed by atoms with E-state index in [4.69, 9.17) is 4.74 Å². The molecule has 0 aromatic heterocycles. The van der Waals surface area contributed by atoms with Crippen molar-refractivity contribution in [3.05, 3.63) is 23.8 Å². The van der Waals surface area contributed by atoms with Gasteiger partial charge in [-0.2, -0.15) is 0 Å². The lowest BCUT2D eigenvalue weighted by atomic mass is 10.0. The highest BCUT2D eigenvalue weighted by Crippen LogP contribution is 2.14. The number of hydrogen-bond donors (Lipinski definition) is 0. The van der Waals surface area contributed by atoms with E-state index in [9.17, 15) is 14.4 Å². The van der Waals surface area contributed by atoms with Crippen molar-refractivity contribution in [2.75, 3.05) is 7.11 Å². The number of esters is 3. The van der Waals surface area contributed by atoms with Gasteiger partial charge in [-0.1, -0.05) is 103 Å². The van der Waals surface area contributed by atoms with Crippen LogP contribution in [0.3, 0.4) is 0 Å². The van der Waals surface area contributed by atoms with Crippen LogP contribution in [-0.4, -0.2) is 25.0 Å². The Morgan fingerprint density at radius 1 is 0.710 bits per heavy atom. The fraction of sp³-hybridized carbons (Fsp3) is 0.731. The second-order valence-corrected chi connectivity index (χ2v) is 8.31. The van der Waals surface area contributed by atoms with Crippen molar-refractivity contribution in [1.82, 2.24) is 0 Å². The number of carbonyl (C=O) groups excluding carboxylic acids is 3. The standard InChI is InChI=1S/C26H44O5/c1-5-6-7-8-9-10-11-12-13-14-15-16-17-18-19-20-24(27)31-26(29)23(3)21-22(2)25(28)30-4/h21H,2,5-20H2,1,3-4H3. The first-order chi connectivity index (χ1) is 14.9. The lowest BCUT2D eigenvalue weighted by Gasteiger charge is -2.05. The minimum atomic E-state index is -0.754. The van der Waals surface area contributed by atoms with E-state index < -0.39 is 17.9 Å². The Balaban J connectivity index is 3.60. The summed E-state index contributed by atoms with van der Waals surface area (Å²) in [5, 5.41) is 0. The van der Waals surface area contributed by atoms with Gasteiger partial charge in [0.05, 0.1) is 12.7 Å². The van der Waals surface area contributed by atoms with Crippen molar-refractivity contribution in [3.8, 4) is 0 Å². The normalized spacial score (nSPS) is 11.3. The van der Waals surface area contributed by atoms with E-state index in [2.05, 4.69) is 18.2 Å². The van der Waals surface area contributed by atoms with Crippen molar-refractivity contribution in [3.63, 3.8) is 0 Å². The molecule has 0 heterocycles. The minimum Gasteiger partial charge on any atom is -0.465 e. The SMILES string of the molecule is C=C(C=C(C)C(=O)OC(=O)CCCCCCCCCCCCCCCCC)C(=O)OC. The van der Waals surface area contributed by atoms with Gasteiger partial charge in [0.25, 0.3) is 0 Å². The van der Waals surface area contributed by atoms with E-state index in [1.54, 1.807) is 0 Å². The average molecular weight is 437 g/mol. The molecule has 0 amide bonds. The van der Waals surface area contributed by atoms with Crippen LogP contribution in [0, 0.1) is 0 Å². The van der Waals surface area contributed by atoms with Gasteiger partial charge in [0.15, 0.2) is 0 Å². The summed E-state index contributed by atoms with van der Waals surface area (Å²) in [6.45, 7) is 7.23. The third-order valence-electron chi connectivity index (χ3n) is 5.35. The first-order valence-corrected chi connectivity index (χ1v) is 12.1. The van der Waals surface area contributed by atoms with Gasteiger partial charge in [0, 0.05) is 12.0 Å². The number of hydrogen-bond acceptors (Lipinski definition) is 5. The number of carbonyl (C=O) groups is 3. The molecular formula is C26H44O5. The molecule has 0 fully saturated rings. The molecule has 0 aromatic carbocycles. The van der Waals surface area contributed by atoms with Gasteiger partial charge in [0.1, 0.15) is 0 Å². The lowest BCUT2D eigenvalue weighted by Crippen LogP contribution is -2.13. The molecule has 0 atom stereocenters. The van der Waals surface area contributed by atoms with E-state index >= 15 is 0 Å². The highest BCUT2D eigenvalue weighted by molar-refractivity contribution is 5.99. The Hall–Kier alpha value is -1.91. The Morgan fingerprint density at radius 2 is 1.13 bits per heavy atom. The molecule has 0 saturated heterocycles. The monoisotopic (exact) mass is 436 g/mol. The third kappa shape index (κ3) is 17.5. The van der Waals surface area contributed by atoms with E-state index in [1.807, 2.05) is 0 Å². The summed E-state index contributed by atoms with van der Waals surface area (Å²) in [7, 11) is 1.23. The van der Waals surface area contributed by atoms with Crippen molar-refractivity contribution in [2.24, 2.45) is 0 Å². The van der Waals surface area contributed by atoms with Crippen LogP contribution in [0.5, 0.6) is 0 Å². The van der Waals surface area contributed by atoms with Crippen molar-refractivity contribution in [2.45, 2.75) is 117 Å². The highest BCUT2D eigenvalue weighted by Gasteiger charge is 2.14. The van der Waals surface area contributed by atoms with Gasteiger partial charge in [-0.15, -0.1) is 0 Å². The molecule has 0 bridgehead atoms. The topological polar surface area (TPSA) is 69.7 Å². The Bertz CT molecular complexity index is 562. The summed E-state index contributed by atoms with van der Waals surface area (Å²) in [5.41, 5.74) is 0.173. The zero-order chi connectivity index (χ0) is 23.3. The largest absolute Gasteiger partial charge is 0.465 e. The Labute approximate surface area is 189 Å². The molecule has 0 spiro atoms. The van der Waals surface area contributed by atoms with E-state index in [1.165, 1.54) is 97.2 Å².